The average molecular weight is 324 g/mol. The molecular formula is C20H24N2O2. The molecule has 3 rings (SSSR count). The first-order valence-electron chi connectivity index (χ1n) is 8.64. The van der Waals surface area contributed by atoms with Crippen molar-refractivity contribution in [1.29, 1.82) is 0 Å². The van der Waals surface area contributed by atoms with E-state index in [4.69, 9.17) is 0 Å². The smallest absolute Gasteiger partial charge is 0.250 e. The minimum absolute atomic E-state index is 0.0540. The van der Waals surface area contributed by atoms with Crippen LogP contribution in [0.15, 0.2) is 53.5 Å². The van der Waals surface area contributed by atoms with E-state index in [0.29, 0.717) is 18.9 Å². The molecule has 4 heteroatoms. The Balaban J connectivity index is 1.62. The van der Waals surface area contributed by atoms with Gasteiger partial charge in [0.15, 0.2) is 0 Å². The number of carbonyl (C=O) groups excluding carboxylic acids is 1. The standard InChI is InChI=1S/C20H24N2O2/c1-16-7-2-3-9-18(16)17-8-6-13-22(15-17)20(24)11-14-21-12-5-4-10-19(21)23/h2-5,7,9-10,12,17H,6,8,11,13-15H2,1H3. The molecule has 1 amide bonds. The van der Waals surface area contributed by atoms with Gasteiger partial charge in [-0.15, -0.1) is 0 Å². The lowest BCUT2D eigenvalue weighted by Gasteiger charge is -2.34. The molecule has 1 aliphatic rings. The average Bonchev–Trinajstić information content (AvgIpc) is 2.61. The summed E-state index contributed by atoms with van der Waals surface area (Å²) in [5, 5.41) is 0. The molecule has 1 unspecified atom stereocenters. The fourth-order valence-corrected chi connectivity index (χ4v) is 3.52. The molecular weight excluding hydrogens is 300 g/mol. The number of aryl methyl sites for hydroxylation is 2. The Kier molecular flexibility index (Phi) is 5.14. The van der Waals surface area contributed by atoms with E-state index in [0.717, 1.165) is 25.9 Å². The van der Waals surface area contributed by atoms with E-state index in [9.17, 15) is 9.59 Å². The molecule has 0 radical (unpaired) electrons. The van der Waals surface area contributed by atoms with Crippen LogP contribution in [0.4, 0.5) is 0 Å². The maximum Gasteiger partial charge on any atom is 0.250 e. The minimum atomic E-state index is -0.0540. The second kappa shape index (κ2) is 7.47. The highest BCUT2D eigenvalue weighted by atomic mass is 16.2. The van der Waals surface area contributed by atoms with Crippen molar-refractivity contribution in [2.75, 3.05) is 13.1 Å². The van der Waals surface area contributed by atoms with Crippen LogP contribution in [-0.2, 0) is 11.3 Å². The zero-order valence-corrected chi connectivity index (χ0v) is 14.1. The first kappa shape index (κ1) is 16.5. The van der Waals surface area contributed by atoms with Crippen LogP contribution in [0, 0.1) is 6.92 Å². The van der Waals surface area contributed by atoms with Crippen molar-refractivity contribution in [1.82, 2.24) is 9.47 Å². The molecule has 0 bridgehead atoms. The van der Waals surface area contributed by atoms with Gasteiger partial charge in [0, 0.05) is 44.2 Å². The number of rotatable bonds is 4. The molecule has 0 spiro atoms. The first-order valence-corrected chi connectivity index (χ1v) is 8.64. The maximum absolute atomic E-state index is 12.6. The molecule has 1 saturated heterocycles. The van der Waals surface area contributed by atoms with Gasteiger partial charge in [-0.25, -0.2) is 0 Å². The number of pyridine rings is 1. The molecule has 0 N–H and O–H groups in total. The van der Waals surface area contributed by atoms with E-state index in [1.807, 2.05) is 11.0 Å². The number of benzene rings is 1. The Bertz CT molecular complexity index is 766. The predicted octanol–water partition coefficient (Wildman–Crippen LogP) is 2.95. The lowest BCUT2D eigenvalue weighted by Crippen LogP contribution is -2.39. The summed E-state index contributed by atoms with van der Waals surface area (Å²) in [4.78, 5) is 26.2. The highest BCUT2D eigenvalue weighted by Crippen LogP contribution is 2.29. The van der Waals surface area contributed by atoms with Crippen molar-refractivity contribution < 1.29 is 4.79 Å². The molecule has 0 aliphatic carbocycles. The summed E-state index contributed by atoms with van der Waals surface area (Å²) in [5.41, 5.74) is 2.60. The van der Waals surface area contributed by atoms with Crippen LogP contribution in [-0.4, -0.2) is 28.5 Å². The molecule has 126 valence electrons. The largest absolute Gasteiger partial charge is 0.342 e. The third-order valence-electron chi connectivity index (χ3n) is 4.87. The summed E-state index contributed by atoms with van der Waals surface area (Å²) < 4.78 is 1.60. The maximum atomic E-state index is 12.6. The second-order valence-electron chi connectivity index (χ2n) is 6.52. The van der Waals surface area contributed by atoms with Crippen LogP contribution < -0.4 is 5.56 Å². The van der Waals surface area contributed by atoms with Crippen LogP contribution in [0.2, 0.25) is 0 Å². The Hall–Kier alpha value is -2.36. The number of amides is 1. The van der Waals surface area contributed by atoms with E-state index in [2.05, 4.69) is 31.2 Å². The van der Waals surface area contributed by atoms with Crippen LogP contribution >= 0.6 is 0 Å². The van der Waals surface area contributed by atoms with Gasteiger partial charge in [-0.2, -0.15) is 0 Å². The number of aromatic nitrogens is 1. The molecule has 1 aliphatic heterocycles. The van der Waals surface area contributed by atoms with Gasteiger partial charge in [0.2, 0.25) is 5.91 Å². The zero-order valence-electron chi connectivity index (χ0n) is 14.1. The summed E-state index contributed by atoms with van der Waals surface area (Å²) >= 11 is 0. The Labute approximate surface area is 142 Å². The normalized spacial score (nSPS) is 17.7. The first-order chi connectivity index (χ1) is 11.6. The highest BCUT2D eigenvalue weighted by Gasteiger charge is 2.25. The van der Waals surface area contributed by atoms with Crippen molar-refractivity contribution >= 4 is 5.91 Å². The van der Waals surface area contributed by atoms with Crippen LogP contribution in [0.25, 0.3) is 0 Å². The molecule has 2 aromatic rings. The number of hydrogen-bond acceptors (Lipinski definition) is 2. The van der Waals surface area contributed by atoms with Gasteiger partial charge in [0.1, 0.15) is 0 Å². The molecule has 4 nitrogen and oxygen atoms in total. The fraction of sp³-hybridized carbons (Fsp3) is 0.400. The number of likely N-dealkylation sites (tertiary alicyclic amines) is 1. The minimum Gasteiger partial charge on any atom is -0.342 e. The quantitative estimate of drug-likeness (QED) is 0.868. The summed E-state index contributed by atoms with van der Waals surface area (Å²) in [6.07, 6.45) is 4.29. The predicted molar refractivity (Wildman–Crippen MR) is 95.1 cm³/mol. The Morgan fingerprint density at radius 3 is 2.75 bits per heavy atom. The van der Waals surface area contributed by atoms with E-state index in [-0.39, 0.29) is 11.5 Å². The van der Waals surface area contributed by atoms with E-state index < -0.39 is 0 Å². The van der Waals surface area contributed by atoms with Gasteiger partial charge in [-0.05, 0) is 37.0 Å². The number of nitrogens with zero attached hydrogens (tertiary/aromatic N) is 2. The highest BCUT2D eigenvalue weighted by molar-refractivity contribution is 5.76. The monoisotopic (exact) mass is 324 g/mol. The molecule has 1 aromatic carbocycles. The zero-order chi connectivity index (χ0) is 16.9. The molecule has 0 saturated carbocycles. The molecule has 24 heavy (non-hydrogen) atoms. The van der Waals surface area contributed by atoms with Gasteiger partial charge >= 0.3 is 0 Å². The topological polar surface area (TPSA) is 42.3 Å². The van der Waals surface area contributed by atoms with Crippen molar-refractivity contribution in [2.45, 2.75) is 38.6 Å². The van der Waals surface area contributed by atoms with Crippen molar-refractivity contribution in [3.63, 3.8) is 0 Å². The fourth-order valence-electron chi connectivity index (χ4n) is 3.52. The second-order valence-corrected chi connectivity index (χ2v) is 6.52. The van der Waals surface area contributed by atoms with Crippen molar-refractivity contribution in [2.24, 2.45) is 0 Å². The molecule has 2 heterocycles. The molecule has 1 atom stereocenters. The number of piperidine rings is 1. The van der Waals surface area contributed by atoms with Gasteiger partial charge in [0.25, 0.3) is 5.56 Å². The van der Waals surface area contributed by atoms with Crippen LogP contribution in [0.3, 0.4) is 0 Å². The third-order valence-corrected chi connectivity index (χ3v) is 4.87. The van der Waals surface area contributed by atoms with E-state index >= 15 is 0 Å². The van der Waals surface area contributed by atoms with E-state index in [1.165, 1.54) is 17.2 Å². The molecule has 1 fully saturated rings. The van der Waals surface area contributed by atoms with Gasteiger partial charge in [-0.3, -0.25) is 9.59 Å². The molecule has 1 aromatic heterocycles. The van der Waals surface area contributed by atoms with Crippen molar-refractivity contribution in [3.05, 3.63) is 70.1 Å². The number of hydrogen-bond donors (Lipinski definition) is 0. The summed E-state index contributed by atoms with van der Waals surface area (Å²) in [7, 11) is 0. The summed E-state index contributed by atoms with van der Waals surface area (Å²) in [6.45, 7) is 4.19. The lowest BCUT2D eigenvalue weighted by molar-refractivity contribution is -0.132. The van der Waals surface area contributed by atoms with Gasteiger partial charge in [-0.1, -0.05) is 30.3 Å². The van der Waals surface area contributed by atoms with Gasteiger partial charge in [0.05, 0.1) is 0 Å². The summed E-state index contributed by atoms with van der Waals surface area (Å²) in [5.74, 6) is 0.562. The summed E-state index contributed by atoms with van der Waals surface area (Å²) in [6, 6.07) is 13.5. The van der Waals surface area contributed by atoms with Crippen LogP contribution in [0.5, 0.6) is 0 Å². The Morgan fingerprint density at radius 1 is 1.17 bits per heavy atom. The lowest BCUT2D eigenvalue weighted by atomic mass is 9.88. The third kappa shape index (κ3) is 3.75. The van der Waals surface area contributed by atoms with E-state index in [1.54, 1.807) is 16.8 Å². The van der Waals surface area contributed by atoms with Crippen molar-refractivity contribution in [3.8, 4) is 0 Å². The van der Waals surface area contributed by atoms with Gasteiger partial charge < -0.3 is 9.47 Å². The number of carbonyl (C=O) groups is 1. The Morgan fingerprint density at radius 2 is 1.96 bits per heavy atom. The van der Waals surface area contributed by atoms with Crippen LogP contribution in [0.1, 0.15) is 36.3 Å². The SMILES string of the molecule is Cc1ccccc1C1CCCN(C(=O)CCn2ccccc2=O)C1.